The molecular formula is C19H20F2N2O4. The Morgan fingerprint density at radius 3 is 2.30 bits per heavy atom. The minimum absolute atomic E-state index is 0.0162. The van der Waals surface area contributed by atoms with Gasteiger partial charge in [-0.25, -0.2) is 18.6 Å². The average Bonchev–Trinajstić information content (AvgIpc) is 2.64. The molecule has 0 fully saturated rings. The van der Waals surface area contributed by atoms with E-state index in [4.69, 9.17) is 9.57 Å². The van der Waals surface area contributed by atoms with Crippen molar-refractivity contribution >= 4 is 12.0 Å². The van der Waals surface area contributed by atoms with Crippen molar-refractivity contribution in [1.82, 2.24) is 10.4 Å². The number of likely N-dealkylation sites (N-methyl/N-ethyl adjacent to an activating group) is 1. The molecule has 0 radical (unpaired) electrons. The van der Waals surface area contributed by atoms with E-state index in [-0.39, 0.29) is 18.6 Å². The first-order valence-corrected chi connectivity index (χ1v) is 8.13. The Labute approximate surface area is 155 Å². The number of ether oxygens (including phenoxy) is 1. The van der Waals surface area contributed by atoms with Gasteiger partial charge in [0.05, 0.1) is 7.11 Å². The fraction of sp³-hybridized carbons (Fsp3) is 0.263. The van der Waals surface area contributed by atoms with Crippen LogP contribution in [0.4, 0.5) is 13.6 Å². The molecule has 1 N–H and O–H groups in total. The first-order chi connectivity index (χ1) is 12.9. The molecule has 0 unspecified atom stereocenters. The maximum absolute atomic E-state index is 13.4. The van der Waals surface area contributed by atoms with E-state index in [0.29, 0.717) is 0 Å². The summed E-state index contributed by atoms with van der Waals surface area (Å²) in [5.41, 5.74) is 0.982. The molecule has 0 aliphatic heterocycles. The summed E-state index contributed by atoms with van der Waals surface area (Å²) in [5, 5.41) is 3.33. The van der Waals surface area contributed by atoms with Gasteiger partial charge in [-0.2, -0.15) is 0 Å². The van der Waals surface area contributed by atoms with Crippen molar-refractivity contribution in [3.8, 4) is 0 Å². The monoisotopic (exact) mass is 378 g/mol. The molecule has 8 heteroatoms. The van der Waals surface area contributed by atoms with Gasteiger partial charge in [0.15, 0.2) is 0 Å². The van der Waals surface area contributed by atoms with E-state index in [2.05, 4.69) is 5.32 Å². The number of hydroxylamine groups is 2. The van der Waals surface area contributed by atoms with Gasteiger partial charge in [0, 0.05) is 19.5 Å². The van der Waals surface area contributed by atoms with Gasteiger partial charge in [0.25, 0.3) is 5.91 Å². The minimum Gasteiger partial charge on any atom is -0.445 e. The summed E-state index contributed by atoms with van der Waals surface area (Å²) in [6.07, 6.45) is -0.972. The fourth-order valence-corrected chi connectivity index (χ4v) is 2.38. The van der Waals surface area contributed by atoms with E-state index >= 15 is 0 Å². The van der Waals surface area contributed by atoms with E-state index < -0.39 is 29.7 Å². The summed E-state index contributed by atoms with van der Waals surface area (Å²) < 4.78 is 31.9. The highest BCUT2D eigenvalue weighted by Crippen LogP contribution is 2.12. The predicted octanol–water partition coefficient (Wildman–Crippen LogP) is 2.82. The van der Waals surface area contributed by atoms with E-state index in [1.165, 1.54) is 14.2 Å². The molecule has 0 aromatic heterocycles. The number of amides is 2. The SMILES string of the molecule is CON(C)C(=O)[C@@H](Cc1cc(F)cc(F)c1)NC(=O)OCc1ccccc1. The topological polar surface area (TPSA) is 67.9 Å². The van der Waals surface area contributed by atoms with Gasteiger partial charge >= 0.3 is 6.09 Å². The Morgan fingerprint density at radius 1 is 1.07 bits per heavy atom. The van der Waals surface area contributed by atoms with Gasteiger partial charge in [-0.1, -0.05) is 30.3 Å². The summed E-state index contributed by atoms with van der Waals surface area (Å²) in [7, 11) is 2.64. The molecule has 0 saturated heterocycles. The molecule has 0 saturated carbocycles. The number of halogens is 2. The molecule has 0 heterocycles. The average molecular weight is 378 g/mol. The first kappa shape index (κ1) is 20.3. The molecule has 27 heavy (non-hydrogen) atoms. The summed E-state index contributed by atoms with van der Waals surface area (Å²) >= 11 is 0. The van der Waals surface area contributed by atoms with E-state index in [1.807, 2.05) is 6.07 Å². The Morgan fingerprint density at radius 2 is 1.70 bits per heavy atom. The van der Waals surface area contributed by atoms with Crippen molar-refractivity contribution in [2.75, 3.05) is 14.2 Å². The van der Waals surface area contributed by atoms with Crippen molar-refractivity contribution in [2.45, 2.75) is 19.1 Å². The standard InChI is InChI=1S/C19H20F2N2O4/c1-23(26-2)18(24)17(10-14-8-15(20)11-16(21)9-14)22-19(25)27-12-13-6-4-3-5-7-13/h3-9,11,17H,10,12H2,1-2H3,(H,22,25)/t17-/m1/s1. The lowest BCUT2D eigenvalue weighted by Gasteiger charge is -2.22. The maximum Gasteiger partial charge on any atom is 0.408 e. The van der Waals surface area contributed by atoms with Crippen molar-refractivity contribution in [2.24, 2.45) is 0 Å². The van der Waals surface area contributed by atoms with Crippen LogP contribution >= 0.6 is 0 Å². The first-order valence-electron chi connectivity index (χ1n) is 8.13. The Balaban J connectivity index is 2.07. The lowest BCUT2D eigenvalue weighted by atomic mass is 10.0. The van der Waals surface area contributed by atoms with Crippen LogP contribution in [0.5, 0.6) is 0 Å². The van der Waals surface area contributed by atoms with Gasteiger partial charge in [-0.05, 0) is 23.3 Å². The molecule has 0 spiro atoms. The minimum atomic E-state index is -1.13. The number of nitrogens with one attached hydrogen (secondary N) is 1. The second kappa shape index (κ2) is 9.63. The third-order valence-corrected chi connectivity index (χ3v) is 3.75. The van der Waals surface area contributed by atoms with Crippen LogP contribution in [0.1, 0.15) is 11.1 Å². The summed E-state index contributed by atoms with van der Waals surface area (Å²) in [4.78, 5) is 29.3. The Bertz CT molecular complexity index is 766. The van der Waals surface area contributed by atoms with Crippen LogP contribution in [-0.4, -0.2) is 37.3 Å². The normalized spacial score (nSPS) is 11.6. The van der Waals surface area contributed by atoms with Crippen molar-refractivity contribution in [3.63, 3.8) is 0 Å². The molecule has 2 aromatic carbocycles. The second-order valence-electron chi connectivity index (χ2n) is 5.76. The van der Waals surface area contributed by atoms with Crippen molar-refractivity contribution in [1.29, 1.82) is 0 Å². The molecule has 144 valence electrons. The largest absolute Gasteiger partial charge is 0.445 e. The summed E-state index contributed by atoms with van der Waals surface area (Å²) in [5.74, 6) is -2.15. The lowest BCUT2D eigenvalue weighted by molar-refractivity contribution is -0.170. The zero-order chi connectivity index (χ0) is 19.8. The molecule has 6 nitrogen and oxygen atoms in total. The molecule has 0 aliphatic carbocycles. The number of rotatable bonds is 7. The molecule has 0 bridgehead atoms. The van der Waals surface area contributed by atoms with Gasteiger partial charge in [0.1, 0.15) is 24.3 Å². The number of hydrogen-bond acceptors (Lipinski definition) is 4. The zero-order valence-corrected chi connectivity index (χ0v) is 14.9. The van der Waals surface area contributed by atoms with Crippen LogP contribution < -0.4 is 5.32 Å². The maximum atomic E-state index is 13.4. The highest BCUT2D eigenvalue weighted by molar-refractivity contribution is 5.85. The van der Waals surface area contributed by atoms with Crippen LogP contribution in [-0.2, 0) is 27.4 Å². The number of hydrogen-bond donors (Lipinski definition) is 1. The van der Waals surface area contributed by atoms with Crippen LogP contribution in [0, 0.1) is 11.6 Å². The number of nitrogens with zero attached hydrogens (tertiary/aromatic N) is 1. The molecule has 1 atom stereocenters. The lowest BCUT2D eigenvalue weighted by Crippen LogP contribution is -2.48. The molecule has 0 aliphatic rings. The van der Waals surface area contributed by atoms with Gasteiger partial charge < -0.3 is 10.1 Å². The van der Waals surface area contributed by atoms with Gasteiger partial charge in [-0.15, -0.1) is 0 Å². The Hall–Kier alpha value is -3.00. The van der Waals surface area contributed by atoms with Crippen LogP contribution in [0.25, 0.3) is 0 Å². The smallest absolute Gasteiger partial charge is 0.408 e. The van der Waals surface area contributed by atoms with E-state index in [1.54, 1.807) is 24.3 Å². The van der Waals surface area contributed by atoms with Crippen LogP contribution in [0.15, 0.2) is 48.5 Å². The highest BCUT2D eigenvalue weighted by atomic mass is 19.1. The van der Waals surface area contributed by atoms with Crippen molar-refractivity contribution in [3.05, 3.63) is 71.3 Å². The number of carbonyl (C=O) groups is 2. The fourth-order valence-electron chi connectivity index (χ4n) is 2.38. The third kappa shape index (κ3) is 6.34. The van der Waals surface area contributed by atoms with Gasteiger partial charge in [0.2, 0.25) is 0 Å². The molecule has 2 amide bonds. The third-order valence-electron chi connectivity index (χ3n) is 3.75. The highest BCUT2D eigenvalue weighted by Gasteiger charge is 2.26. The summed E-state index contributed by atoms with van der Waals surface area (Å²) in [6.45, 7) is 0.0162. The second-order valence-corrected chi connectivity index (χ2v) is 5.76. The van der Waals surface area contributed by atoms with Crippen molar-refractivity contribution < 1.29 is 27.9 Å². The predicted molar refractivity (Wildman–Crippen MR) is 93.4 cm³/mol. The molecule has 2 aromatic rings. The van der Waals surface area contributed by atoms with E-state index in [9.17, 15) is 18.4 Å². The number of carbonyl (C=O) groups excluding carboxylic acids is 2. The van der Waals surface area contributed by atoms with Crippen LogP contribution in [0.3, 0.4) is 0 Å². The number of alkyl carbamates (subject to hydrolysis) is 1. The summed E-state index contributed by atoms with van der Waals surface area (Å²) in [6, 6.07) is 10.8. The quantitative estimate of drug-likeness (QED) is 0.753. The van der Waals surface area contributed by atoms with Gasteiger partial charge in [-0.3, -0.25) is 9.63 Å². The van der Waals surface area contributed by atoms with Crippen LogP contribution in [0.2, 0.25) is 0 Å². The van der Waals surface area contributed by atoms with E-state index in [0.717, 1.165) is 28.8 Å². The number of benzene rings is 2. The Kier molecular flexibility index (Phi) is 7.25. The molecule has 2 rings (SSSR count). The molecular weight excluding hydrogens is 358 g/mol. The zero-order valence-electron chi connectivity index (χ0n) is 14.9.